The van der Waals surface area contributed by atoms with Crippen LogP contribution < -0.4 is 5.32 Å². The SMILES string of the molecule is CC[C@H](NC(=O)N1CCO[C@H](c2ccc(C)o2)C1)c1cccs1. The van der Waals surface area contributed by atoms with E-state index >= 15 is 0 Å². The fourth-order valence-electron chi connectivity index (χ4n) is 2.74. The first-order valence-electron chi connectivity index (χ1n) is 7.94. The number of hydrogen-bond donors (Lipinski definition) is 1. The average Bonchev–Trinajstić information content (AvgIpc) is 3.24. The molecule has 0 saturated carbocycles. The number of nitrogens with zero attached hydrogens (tertiary/aromatic N) is 1. The summed E-state index contributed by atoms with van der Waals surface area (Å²) >= 11 is 1.67. The maximum absolute atomic E-state index is 12.6. The number of rotatable bonds is 4. The number of aryl methyl sites for hydroxylation is 1. The lowest BCUT2D eigenvalue weighted by Gasteiger charge is -2.33. The van der Waals surface area contributed by atoms with E-state index in [4.69, 9.17) is 9.15 Å². The van der Waals surface area contributed by atoms with Crippen molar-refractivity contribution in [1.82, 2.24) is 10.2 Å². The predicted molar refractivity (Wildman–Crippen MR) is 89.6 cm³/mol. The molecule has 1 fully saturated rings. The summed E-state index contributed by atoms with van der Waals surface area (Å²) in [6, 6.07) is 7.94. The second-order valence-electron chi connectivity index (χ2n) is 5.68. The van der Waals surface area contributed by atoms with Gasteiger partial charge in [-0.1, -0.05) is 13.0 Å². The van der Waals surface area contributed by atoms with E-state index in [0.717, 1.165) is 17.9 Å². The van der Waals surface area contributed by atoms with Crippen LogP contribution in [0.4, 0.5) is 4.79 Å². The highest BCUT2D eigenvalue weighted by Crippen LogP contribution is 2.25. The zero-order valence-electron chi connectivity index (χ0n) is 13.5. The standard InChI is InChI=1S/C17H22N2O3S/c1-3-13(16-5-4-10-23-16)18-17(20)19-8-9-21-15(11-19)14-7-6-12(2)22-14/h4-7,10,13,15H,3,8-9,11H2,1-2H3,(H,18,20)/t13-,15-/m0/s1. The lowest BCUT2D eigenvalue weighted by molar-refractivity contribution is -0.0266. The van der Waals surface area contributed by atoms with Crippen molar-refractivity contribution in [2.24, 2.45) is 0 Å². The first kappa shape index (κ1) is 16.1. The van der Waals surface area contributed by atoms with Crippen LogP contribution in [0.1, 0.15) is 41.9 Å². The molecule has 2 atom stereocenters. The van der Waals surface area contributed by atoms with Crippen molar-refractivity contribution < 1.29 is 13.9 Å². The Hall–Kier alpha value is -1.79. The van der Waals surface area contributed by atoms with Crippen LogP contribution in [-0.4, -0.2) is 30.6 Å². The number of morpholine rings is 1. The third-order valence-electron chi connectivity index (χ3n) is 4.02. The predicted octanol–water partition coefficient (Wildman–Crippen LogP) is 3.88. The van der Waals surface area contributed by atoms with Crippen molar-refractivity contribution in [2.45, 2.75) is 32.4 Å². The van der Waals surface area contributed by atoms with Crippen LogP contribution in [-0.2, 0) is 4.74 Å². The molecule has 124 valence electrons. The summed E-state index contributed by atoms with van der Waals surface area (Å²) in [6.07, 6.45) is 0.683. The molecule has 0 spiro atoms. The second kappa shape index (κ2) is 7.19. The van der Waals surface area contributed by atoms with Gasteiger partial charge < -0.3 is 19.4 Å². The Morgan fingerprint density at radius 1 is 1.48 bits per heavy atom. The van der Waals surface area contributed by atoms with Crippen molar-refractivity contribution in [3.63, 3.8) is 0 Å². The van der Waals surface area contributed by atoms with Crippen molar-refractivity contribution in [3.05, 3.63) is 46.0 Å². The Kier molecular flexibility index (Phi) is 5.03. The number of furan rings is 1. The second-order valence-corrected chi connectivity index (χ2v) is 6.66. The summed E-state index contributed by atoms with van der Waals surface area (Å²) in [5, 5.41) is 5.16. The molecule has 5 nitrogen and oxygen atoms in total. The number of carbonyl (C=O) groups excluding carboxylic acids is 1. The summed E-state index contributed by atoms with van der Waals surface area (Å²) in [4.78, 5) is 15.6. The van der Waals surface area contributed by atoms with Gasteiger partial charge in [0.15, 0.2) is 0 Å². The van der Waals surface area contributed by atoms with Gasteiger partial charge in [0.2, 0.25) is 0 Å². The van der Waals surface area contributed by atoms with Gasteiger partial charge in [0, 0.05) is 11.4 Å². The smallest absolute Gasteiger partial charge is 0.318 e. The van der Waals surface area contributed by atoms with E-state index in [2.05, 4.69) is 18.3 Å². The highest BCUT2D eigenvalue weighted by Gasteiger charge is 2.28. The van der Waals surface area contributed by atoms with Crippen LogP contribution >= 0.6 is 11.3 Å². The quantitative estimate of drug-likeness (QED) is 0.923. The van der Waals surface area contributed by atoms with E-state index in [9.17, 15) is 4.79 Å². The van der Waals surface area contributed by atoms with Gasteiger partial charge >= 0.3 is 6.03 Å². The normalized spacial score (nSPS) is 19.6. The summed E-state index contributed by atoms with van der Waals surface area (Å²) < 4.78 is 11.4. The van der Waals surface area contributed by atoms with Gasteiger partial charge in [-0.3, -0.25) is 0 Å². The molecule has 0 unspecified atom stereocenters. The molecule has 23 heavy (non-hydrogen) atoms. The number of hydrogen-bond acceptors (Lipinski definition) is 4. The molecular weight excluding hydrogens is 312 g/mol. The molecule has 2 aromatic rings. The molecule has 3 rings (SSSR count). The average molecular weight is 334 g/mol. The Balaban J connectivity index is 1.62. The largest absolute Gasteiger partial charge is 0.464 e. The number of thiophene rings is 1. The summed E-state index contributed by atoms with van der Waals surface area (Å²) in [6.45, 7) is 5.62. The zero-order valence-corrected chi connectivity index (χ0v) is 14.3. The van der Waals surface area contributed by atoms with E-state index < -0.39 is 0 Å². The molecule has 1 saturated heterocycles. The fraction of sp³-hybridized carbons (Fsp3) is 0.471. The first-order chi connectivity index (χ1) is 11.2. The van der Waals surface area contributed by atoms with Crippen LogP contribution in [0.2, 0.25) is 0 Å². The lowest BCUT2D eigenvalue weighted by atomic mass is 10.2. The molecule has 3 heterocycles. The number of nitrogens with one attached hydrogen (secondary N) is 1. The van der Waals surface area contributed by atoms with Crippen molar-refractivity contribution in [2.75, 3.05) is 19.7 Å². The maximum atomic E-state index is 12.6. The molecule has 1 N–H and O–H groups in total. The van der Waals surface area contributed by atoms with Crippen LogP contribution in [0.25, 0.3) is 0 Å². The number of amides is 2. The molecule has 0 bridgehead atoms. The molecule has 6 heteroatoms. The molecule has 0 radical (unpaired) electrons. The van der Waals surface area contributed by atoms with Crippen LogP contribution in [0.15, 0.2) is 34.1 Å². The fourth-order valence-corrected chi connectivity index (χ4v) is 3.60. The topological polar surface area (TPSA) is 54.7 Å². The molecule has 2 aromatic heterocycles. The highest BCUT2D eigenvalue weighted by atomic mass is 32.1. The molecule has 0 aliphatic carbocycles. The van der Waals surface area contributed by atoms with Gasteiger partial charge in [-0.15, -0.1) is 11.3 Å². The van der Waals surface area contributed by atoms with E-state index in [1.165, 1.54) is 4.88 Å². The Labute approximate surface area is 140 Å². The molecule has 1 aliphatic rings. The number of ether oxygens (including phenoxy) is 1. The van der Waals surface area contributed by atoms with Crippen molar-refractivity contribution in [1.29, 1.82) is 0 Å². The Morgan fingerprint density at radius 3 is 3.00 bits per heavy atom. The van der Waals surface area contributed by atoms with E-state index in [-0.39, 0.29) is 18.2 Å². The zero-order chi connectivity index (χ0) is 16.2. The summed E-state index contributed by atoms with van der Waals surface area (Å²) in [5.41, 5.74) is 0. The maximum Gasteiger partial charge on any atom is 0.318 e. The molecule has 1 aliphatic heterocycles. The third-order valence-corrected chi connectivity index (χ3v) is 5.01. The number of carbonyl (C=O) groups is 1. The van der Waals surface area contributed by atoms with Gasteiger partial charge in [-0.25, -0.2) is 4.79 Å². The van der Waals surface area contributed by atoms with E-state index in [0.29, 0.717) is 19.7 Å². The van der Waals surface area contributed by atoms with Crippen LogP contribution in [0, 0.1) is 6.92 Å². The molecule has 2 amide bonds. The monoisotopic (exact) mass is 334 g/mol. The van der Waals surface area contributed by atoms with Gasteiger partial charge in [-0.05, 0) is 36.9 Å². The molecular formula is C17H22N2O3S. The van der Waals surface area contributed by atoms with Gasteiger partial charge in [0.1, 0.15) is 17.6 Å². The Bertz CT molecular complexity index is 638. The summed E-state index contributed by atoms with van der Waals surface area (Å²) in [5.74, 6) is 1.64. The molecule has 0 aromatic carbocycles. The van der Waals surface area contributed by atoms with E-state index in [1.807, 2.05) is 35.4 Å². The van der Waals surface area contributed by atoms with E-state index in [1.54, 1.807) is 11.3 Å². The minimum atomic E-state index is -0.190. The lowest BCUT2D eigenvalue weighted by Crippen LogP contribution is -2.47. The minimum absolute atomic E-state index is 0.0400. The first-order valence-corrected chi connectivity index (χ1v) is 8.82. The van der Waals surface area contributed by atoms with Gasteiger partial charge in [0.05, 0.1) is 19.2 Å². The minimum Gasteiger partial charge on any atom is -0.464 e. The third kappa shape index (κ3) is 3.76. The number of urea groups is 1. The van der Waals surface area contributed by atoms with Crippen molar-refractivity contribution >= 4 is 17.4 Å². The van der Waals surface area contributed by atoms with Gasteiger partial charge in [-0.2, -0.15) is 0 Å². The van der Waals surface area contributed by atoms with Crippen LogP contribution in [0.3, 0.4) is 0 Å². The van der Waals surface area contributed by atoms with Crippen molar-refractivity contribution in [3.8, 4) is 0 Å². The van der Waals surface area contributed by atoms with Gasteiger partial charge in [0.25, 0.3) is 0 Å². The highest BCUT2D eigenvalue weighted by molar-refractivity contribution is 7.10. The van der Waals surface area contributed by atoms with Crippen LogP contribution in [0.5, 0.6) is 0 Å². The Morgan fingerprint density at radius 2 is 2.35 bits per heavy atom. The summed E-state index contributed by atoms with van der Waals surface area (Å²) in [7, 11) is 0.